The van der Waals surface area contributed by atoms with Gasteiger partial charge in [-0.05, 0) is 92.0 Å². The van der Waals surface area contributed by atoms with Crippen molar-refractivity contribution in [3.63, 3.8) is 0 Å². The number of ketones is 1. The van der Waals surface area contributed by atoms with Crippen LogP contribution >= 0.6 is 0 Å². The quantitative estimate of drug-likeness (QED) is 0.253. The monoisotopic (exact) mass is 517 g/mol. The van der Waals surface area contributed by atoms with Crippen LogP contribution in [0.4, 0.5) is 0 Å². The fraction of sp³-hybridized carbons (Fsp3) is 0.515. The molecule has 4 rings (SSSR count). The van der Waals surface area contributed by atoms with Crippen molar-refractivity contribution in [1.29, 1.82) is 0 Å². The Kier molecular flexibility index (Phi) is 11.1. The van der Waals surface area contributed by atoms with Gasteiger partial charge in [0, 0.05) is 6.54 Å². The van der Waals surface area contributed by atoms with Gasteiger partial charge in [0.25, 0.3) is 0 Å². The maximum atomic E-state index is 13.1. The summed E-state index contributed by atoms with van der Waals surface area (Å²) >= 11 is 0. The smallest absolute Gasteiger partial charge is 0.323 e. The van der Waals surface area contributed by atoms with Crippen molar-refractivity contribution in [2.75, 3.05) is 6.61 Å². The zero-order chi connectivity index (χ0) is 26.6. The molecular formula is C33H43NO4. The molecule has 0 bridgehead atoms. The molecule has 38 heavy (non-hydrogen) atoms. The molecule has 0 aromatic heterocycles. The minimum absolute atomic E-state index is 0.0417. The lowest BCUT2D eigenvalue weighted by Gasteiger charge is -2.30. The first kappa shape index (κ1) is 28.3. The van der Waals surface area contributed by atoms with Crippen molar-refractivity contribution in [3.8, 4) is 0 Å². The molecule has 5 heteroatoms. The summed E-state index contributed by atoms with van der Waals surface area (Å²) in [6, 6.07) is 16.7. The van der Waals surface area contributed by atoms with Gasteiger partial charge in [-0.15, -0.1) is 0 Å². The minimum Gasteiger partial charge on any atom is -0.461 e. The van der Waals surface area contributed by atoms with E-state index in [0.717, 1.165) is 50.5 Å². The number of hydrogen-bond acceptors (Lipinski definition) is 5. The molecule has 204 valence electrons. The predicted molar refractivity (Wildman–Crippen MR) is 152 cm³/mol. The van der Waals surface area contributed by atoms with E-state index in [4.69, 9.17) is 9.84 Å². The molecule has 0 heterocycles. The van der Waals surface area contributed by atoms with Crippen LogP contribution in [-0.2, 0) is 33.7 Å². The van der Waals surface area contributed by atoms with E-state index >= 15 is 0 Å². The lowest BCUT2D eigenvalue weighted by atomic mass is 9.83. The number of benzene rings is 2. The van der Waals surface area contributed by atoms with E-state index in [1.807, 2.05) is 12.1 Å². The lowest BCUT2D eigenvalue weighted by Crippen LogP contribution is -2.45. The van der Waals surface area contributed by atoms with Gasteiger partial charge in [0.15, 0.2) is 5.78 Å². The Morgan fingerprint density at radius 2 is 1.58 bits per heavy atom. The molecule has 2 aliphatic carbocycles. The first-order chi connectivity index (χ1) is 18.6. The van der Waals surface area contributed by atoms with Gasteiger partial charge in [-0.25, -0.2) is 0 Å². The van der Waals surface area contributed by atoms with Gasteiger partial charge in [0.05, 0.1) is 0 Å². The zero-order valence-electron chi connectivity index (χ0n) is 22.6. The molecule has 2 saturated carbocycles. The highest BCUT2D eigenvalue weighted by atomic mass is 16.5. The molecule has 2 N–H and O–H groups in total. The molecule has 0 radical (unpaired) electrons. The van der Waals surface area contributed by atoms with Crippen molar-refractivity contribution in [2.45, 2.75) is 95.7 Å². The Bertz CT molecular complexity index is 1050. The Labute approximate surface area is 227 Å². The second-order valence-corrected chi connectivity index (χ2v) is 11.0. The first-order valence-corrected chi connectivity index (χ1v) is 14.5. The maximum absolute atomic E-state index is 13.1. The molecule has 0 saturated heterocycles. The lowest BCUT2D eigenvalue weighted by molar-refractivity contribution is -0.153. The van der Waals surface area contributed by atoms with Crippen LogP contribution in [0.1, 0.15) is 86.5 Å². The first-order valence-electron chi connectivity index (χ1n) is 14.5. The Hall–Kier alpha value is -2.76. The van der Waals surface area contributed by atoms with Crippen LogP contribution in [0.2, 0.25) is 0 Å². The van der Waals surface area contributed by atoms with Crippen molar-refractivity contribution in [1.82, 2.24) is 5.32 Å². The van der Waals surface area contributed by atoms with E-state index in [1.165, 1.54) is 54.9 Å². The Morgan fingerprint density at radius 3 is 2.32 bits per heavy atom. The summed E-state index contributed by atoms with van der Waals surface area (Å²) in [4.78, 5) is 24.4. The van der Waals surface area contributed by atoms with E-state index in [2.05, 4.69) is 41.7 Å². The van der Waals surface area contributed by atoms with Crippen molar-refractivity contribution < 1.29 is 19.4 Å². The highest BCUT2D eigenvalue weighted by molar-refractivity contribution is 5.94. The standard InChI is InChI=1S/C33H43NO4/c35-24-30(36)21-20-27-11-7-10-26(22-27)9-6-8-25-16-18-28(19-17-25)23-34-32(29-12-2-1-3-13-29)33(37)38-31-14-4-5-15-31/h7,10-11,16-22,29,31-32,34-35H,1-6,8-9,12-15,23-24H2/b21-20+/t32-/m0/s1. The van der Waals surface area contributed by atoms with Crippen LogP contribution in [0, 0.1) is 5.92 Å². The number of rotatable bonds is 13. The topological polar surface area (TPSA) is 75.6 Å². The third-order valence-corrected chi connectivity index (χ3v) is 8.01. The van der Waals surface area contributed by atoms with E-state index in [9.17, 15) is 9.59 Å². The molecule has 2 aromatic carbocycles. The van der Waals surface area contributed by atoms with Crippen LogP contribution in [0.5, 0.6) is 0 Å². The molecule has 0 spiro atoms. The minimum atomic E-state index is -0.459. The van der Waals surface area contributed by atoms with Crippen molar-refractivity contribution in [2.24, 2.45) is 5.92 Å². The number of carbonyl (C=O) groups is 2. The number of esters is 1. The van der Waals surface area contributed by atoms with Crippen LogP contribution in [0.15, 0.2) is 54.6 Å². The third kappa shape index (κ3) is 8.92. The van der Waals surface area contributed by atoms with Gasteiger partial charge >= 0.3 is 5.97 Å². The number of aliphatic hydroxyl groups is 1. The van der Waals surface area contributed by atoms with E-state index in [-0.39, 0.29) is 23.9 Å². The van der Waals surface area contributed by atoms with Crippen molar-refractivity contribution >= 4 is 17.8 Å². The average Bonchev–Trinajstić information content (AvgIpc) is 3.46. The second-order valence-electron chi connectivity index (χ2n) is 11.0. The summed E-state index contributed by atoms with van der Waals surface area (Å²) in [5.74, 6) is 0.0450. The van der Waals surface area contributed by atoms with Gasteiger partial charge in [-0.3, -0.25) is 9.59 Å². The summed E-state index contributed by atoms with van der Waals surface area (Å²) in [5, 5.41) is 12.4. The molecule has 2 aromatic rings. The van der Waals surface area contributed by atoms with Gasteiger partial charge in [-0.2, -0.15) is 0 Å². The highest BCUT2D eigenvalue weighted by Crippen LogP contribution is 2.29. The number of ether oxygens (including phenoxy) is 1. The SMILES string of the molecule is O=C(/C=C/c1cccc(CCCc2ccc(CN[C@H](C(=O)OC3CCCC3)C3CCCCC3)cc2)c1)CO. The molecule has 1 atom stereocenters. The molecule has 5 nitrogen and oxygen atoms in total. The fourth-order valence-corrected chi connectivity index (χ4v) is 5.80. The van der Waals surface area contributed by atoms with E-state index in [1.54, 1.807) is 6.08 Å². The third-order valence-electron chi connectivity index (χ3n) is 8.01. The van der Waals surface area contributed by atoms with Gasteiger partial charge in [-0.1, -0.05) is 73.9 Å². The van der Waals surface area contributed by atoms with Crippen LogP contribution < -0.4 is 5.32 Å². The summed E-state index contributed by atoms with van der Waals surface area (Å²) in [7, 11) is 0. The molecule has 0 aliphatic heterocycles. The molecule has 2 fully saturated rings. The fourth-order valence-electron chi connectivity index (χ4n) is 5.80. The summed E-state index contributed by atoms with van der Waals surface area (Å²) in [6.45, 7) is 0.222. The van der Waals surface area contributed by atoms with Gasteiger partial charge in [0.2, 0.25) is 0 Å². The van der Waals surface area contributed by atoms with Crippen molar-refractivity contribution in [3.05, 3.63) is 76.9 Å². The molecule has 0 amide bonds. The Balaban J connectivity index is 1.25. The summed E-state index contributed by atoms with van der Waals surface area (Å²) in [6.07, 6.45) is 16.6. The van der Waals surface area contributed by atoms with Crippen LogP contribution in [-0.4, -0.2) is 35.6 Å². The highest BCUT2D eigenvalue weighted by Gasteiger charge is 2.32. The van der Waals surface area contributed by atoms with Gasteiger partial charge in [0.1, 0.15) is 18.8 Å². The van der Waals surface area contributed by atoms with Gasteiger partial charge < -0.3 is 15.2 Å². The van der Waals surface area contributed by atoms with Crippen LogP contribution in [0.3, 0.4) is 0 Å². The van der Waals surface area contributed by atoms with Crippen LogP contribution in [0.25, 0.3) is 6.08 Å². The summed E-state index contributed by atoms with van der Waals surface area (Å²) in [5.41, 5.74) is 4.71. The molecule has 2 aliphatic rings. The molecule has 0 unspecified atom stereocenters. The molecular weight excluding hydrogens is 474 g/mol. The maximum Gasteiger partial charge on any atom is 0.323 e. The predicted octanol–water partition coefficient (Wildman–Crippen LogP) is 5.96. The summed E-state index contributed by atoms with van der Waals surface area (Å²) < 4.78 is 5.92. The normalized spacial score (nSPS) is 17.6. The van der Waals surface area contributed by atoms with E-state index in [0.29, 0.717) is 12.5 Å². The number of nitrogens with one attached hydrogen (secondary N) is 1. The number of aryl methyl sites for hydroxylation is 2. The average molecular weight is 518 g/mol. The largest absolute Gasteiger partial charge is 0.461 e. The van der Waals surface area contributed by atoms with E-state index < -0.39 is 6.61 Å². The number of aliphatic hydroxyl groups excluding tert-OH is 1. The second kappa shape index (κ2) is 15.0. The number of hydrogen-bond donors (Lipinski definition) is 2. The Morgan fingerprint density at radius 1 is 0.895 bits per heavy atom. The number of carbonyl (C=O) groups excluding carboxylic acids is 2. The zero-order valence-corrected chi connectivity index (χ0v) is 22.6.